The Balaban J connectivity index is 2.46. The lowest BCUT2D eigenvalue weighted by molar-refractivity contribution is -0.119. The van der Waals surface area contributed by atoms with Crippen molar-refractivity contribution in [2.75, 3.05) is 0 Å². The molecule has 0 radical (unpaired) electrons. The van der Waals surface area contributed by atoms with Crippen LogP contribution in [-0.4, -0.2) is 34.0 Å². The average Bonchev–Trinajstić information content (AvgIpc) is 2.36. The van der Waals surface area contributed by atoms with Crippen LogP contribution >= 0.6 is 0 Å². The number of nitrogens with zero attached hydrogens (tertiary/aromatic N) is 1. The first-order chi connectivity index (χ1) is 8.90. The van der Waals surface area contributed by atoms with Gasteiger partial charge in [-0.25, -0.2) is 14.6 Å². The van der Waals surface area contributed by atoms with Crippen molar-refractivity contribution in [3.05, 3.63) is 29.6 Å². The second kappa shape index (κ2) is 6.34. The van der Waals surface area contributed by atoms with Crippen molar-refractivity contribution >= 4 is 17.9 Å². The lowest BCUT2D eigenvalue weighted by Crippen LogP contribution is -2.46. The average molecular weight is 266 g/mol. The molecular formula is C11H14N4O4. The van der Waals surface area contributed by atoms with Gasteiger partial charge >= 0.3 is 12.0 Å². The van der Waals surface area contributed by atoms with Crippen LogP contribution in [-0.2, 0) is 11.3 Å². The van der Waals surface area contributed by atoms with Crippen LogP contribution in [0, 0.1) is 0 Å². The lowest BCUT2D eigenvalue weighted by atomic mass is 10.2. The van der Waals surface area contributed by atoms with Crippen LogP contribution in [0.25, 0.3) is 0 Å². The number of amides is 3. The molecular weight excluding hydrogens is 252 g/mol. The van der Waals surface area contributed by atoms with Crippen LogP contribution in [0.4, 0.5) is 4.79 Å². The molecule has 8 nitrogen and oxygen atoms in total. The fraction of sp³-hybridized carbons (Fsp3) is 0.273. The number of primary amides is 1. The third kappa shape index (κ3) is 4.62. The van der Waals surface area contributed by atoms with E-state index in [9.17, 15) is 14.4 Å². The topological polar surface area (TPSA) is 134 Å². The molecule has 102 valence electrons. The summed E-state index contributed by atoms with van der Waals surface area (Å²) in [7, 11) is 0. The number of carbonyl (C=O) groups is 3. The zero-order chi connectivity index (χ0) is 14.4. The van der Waals surface area contributed by atoms with E-state index in [0.717, 1.165) is 0 Å². The van der Waals surface area contributed by atoms with E-state index in [2.05, 4.69) is 15.6 Å². The first-order valence-corrected chi connectivity index (χ1v) is 5.42. The summed E-state index contributed by atoms with van der Waals surface area (Å²) < 4.78 is 0. The number of carbonyl (C=O) groups excluding carboxylic acids is 2. The van der Waals surface area contributed by atoms with Gasteiger partial charge in [-0.3, -0.25) is 4.79 Å². The van der Waals surface area contributed by atoms with Gasteiger partial charge in [0.1, 0.15) is 11.7 Å². The highest BCUT2D eigenvalue weighted by Crippen LogP contribution is 2.00. The molecule has 1 atom stereocenters. The van der Waals surface area contributed by atoms with Gasteiger partial charge in [0.15, 0.2) is 0 Å². The molecule has 0 aliphatic carbocycles. The first-order valence-electron chi connectivity index (χ1n) is 5.42. The largest absolute Gasteiger partial charge is 0.477 e. The summed E-state index contributed by atoms with van der Waals surface area (Å²) in [5, 5.41) is 13.5. The van der Waals surface area contributed by atoms with Crippen LogP contribution in [0.5, 0.6) is 0 Å². The minimum Gasteiger partial charge on any atom is -0.477 e. The number of rotatable bonds is 5. The number of nitrogens with one attached hydrogen (secondary N) is 2. The summed E-state index contributed by atoms with van der Waals surface area (Å²) >= 11 is 0. The lowest BCUT2D eigenvalue weighted by Gasteiger charge is -2.11. The normalized spacial score (nSPS) is 11.4. The van der Waals surface area contributed by atoms with E-state index in [1.54, 1.807) is 0 Å². The Morgan fingerprint density at radius 1 is 1.42 bits per heavy atom. The number of aromatic nitrogens is 1. The quantitative estimate of drug-likeness (QED) is 0.567. The molecule has 0 fully saturated rings. The molecule has 0 aliphatic rings. The summed E-state index contributed by atoms with van der Waals surface area (Å²) in [6.45, 7) is 1.62. The molecule has 8 heteroatoms. The van der Waals surface area contributed by atoms with E-state index in [0.29, 0.717) is 5.56 Å². The summed E-state index contributed by atoms with van der Waals surface area (Å²) in [6.07, 6.45) is 1.35. The number of aromatic carboxylic acids is 1. The molecule has 0 bridgehead atoms. The smallest absolute Gasteiger partial charge is 0.354 e. The standard InChI is InChI=1S/C11H14N4O4/c1-6(9(12)16)15-11(19)14-5-7-2-3-8(10(17)18)13-4-7/h2-4,6H,5H2,1H3,(H2,12,16)(H,17,18)(H2,14,15,19). The molecule has 0 spiro atoms. The molecule has 1 unspecified atom stereocenters. The summed E-state index contributed by atoms with van der Waals surface area (Å²) in [5.41, 5.74) is 5.55. The SMILES string of the molecule is CC(NC(=O)NCc1ccc(C(=O)O)nc1)C(N)=O. The molecule has 0 saturated heterocycles. The molecule has 19 heavy (non-hydrogen) atoms. The van der Waals surface area contributed by atoms with E-state index in [1.165, 1.54) is 25.3 Å². The fourth-order valence-electron chi connectivity index (χ4n) is 1.16. The summed E-state index contributed by atoms with van der Waals surface area (Å²) in [6, 6.07) is 1.55. The van der Waals surface area contributed by atoms with Gasteiger partial charge in [0.2, 0.25) is 5.91 Å². The van der Waals surface area contributed by atoms with Gasteiger partial charge in [-0.15, -0.1) is 0 Å². The van der Waals surface area contributed by atoms with Crippen molar-refractivity contribution in [1.29, 1.82) is 0 Å². The zero-order valence-corrected chi connectivity index (χ0v) is 10.2. The summed E-state index contributed by atoms with van der Waals surface area (Å²) in [5.74, 6) is -1.75. The Bertz CT molecular complexity index is 486. The van der Waals surface area contributed by atoms with Crippen molar-refractivity contribution in [3.8, 4) is 0 Å². The van der Waals surface area contributed by atoms with E-state index < -0.39 is 23.9 Å². The Kier molecular flexibility index (Phi) is 4.81. The number of carboxylic acid groups (broad SMARTS) is 1. The number of urea groups is 1. The number of nitrogens with two attached hydrogens (primary N) is 1. The van der Waals surface area contributed by atoms with E-state index in [4.69, 9.17) is 10.8 Å². The Hall–Kier alpha value is -2.64. The molecule has 1 rings (SSSR count). The highest BCUT2D eigenvalue weighted by molar-refractivity contribution is 5.86. The van der Waals surface area contributed by atoms with Crippen LogP contribution in [0.15, 0.2) is 18.3 Å². The molecule has 1 aromatic rings. The van der Waals surface area contributed by atoms with Gasteiger partial charge in [0, 0.05) is 12.7 Å². The number of hydrogen-bond acceptors (Lipinski definition) is 4. The Labute approximate surface area is 109 Å². The molecule has 0 aromatic carbocycles. The zero-order valence-electron chi connectivity index (χ0n) is 10.2. The van der Waals surface area contributed by atoms with Crippen LogP contribution in [0.1, 0.15) is 23.0 Å². The van der Waals surface area contributed by atoms with Gasteiger partial charge < -0.3 is 21.5 Å². The number of carboxylic acids is 1. The van der Waals surface area contributed by atoms with E-state index in [1.807, 2.05) is 0 Å². The van der Waals surface area contributed by atoms with Crippen molar-refractivity contribution in [2.45, 2.75) is 19.5 Å². The van der Waals surface area contributed by atoms with Crippen LogP contribution < -0.4 is 16.4 Å². The first kappa shape index (κ1) is 14.4. The molecule has 5 N–H and O–H groups in total. The molecule has 0 aliphatic heterocycles. The fourth-order valence-corrected chi connectivity index (χ4v) is 1.16. The second-order valence-corrected chi connectivity index (χ2v) is 3.81. The van der Waals surface area contributed by atoms with Gasteiger partial charge in [0.25, 0.3) is 0 Å². The third-order valence-electron chi connectivity index (χ3n) is 2.27. The van der Waals surface area contributed by atoms with Crippen molar-refractivity contribution in [2.24, 2.45) is 5.73 Å². The van der Waals surface area contributed by atoms with Crippen LogP contribution in [0.2, 0.25) is 0 Å². The molecule has 0 saturated carbocycles. The predicted molar refractivity (Wildman–Crippen MR) is 65.2 cm³/mol. The van der Waals surface area contributed by atoms with Crippen molar-refractivity contribution < 1.29 is 19.5 Å². The Morgan fingerprint density at radius 3 is 2.58 bits per heavy atom. The predicted octanol–water partition coefficient (Wildman–Crippen LogP) is -0.547. The third-order valence-corrected chi connectivity index (χ3v) is 2.27. The Morgan fingerprint density at radius 2 is 2.11 bits per heavy atom. The maximum Gasteiger partial charge on any atom is 0.354 e. The molecule has 3 amide bonds. The highest BCUT2D eigenvalue weighted by atomic mass is 16.4. The number of pyridine rings is 1. The van der Waals surface area contributed by atoms with Crippen molar-refractivity contribution in [1.82, 2.24) is 15.6 Å². The van der Waals surface area contributed by atoms with Gasteiger partial charge in [-0.1, -0.05) is 6.07 Å². The van der Waals surface area contributed by atoms with Gasteiger partial charge in [-0.05, 0) is 18.6 Å². The second-order valence-electron chi connectivity index (χ2n) is 3.81. The van der Waals surface area contributed by atoms with E-state index >= 15 is 0 Å². The number of hydrogen-bond donors (Lipinski definition) is 4. The van der Waals surface area contributed by atoms with Gasteiger partial charge in [-0.2, -0.15) is 0 Å². The van der Waals surface area contributed by atoms with Crippen molar-refractivity contribution in [3.63, 3.8) is 0 Å². The molecule has 1 aromatic heterocycles. The highest BCUT2D eigenvalue weighted by Gasteiger charge is 2.11. The minimum absolute atomic E-state index is 0.0736. The van der Waals surface area contributed by atoms with Gasteiger partial charge in [0.05, 0.1) is 0 Å². The maximum atomic E-state index is 11.4. The maximum absolute atomic E-state index is 11.4. The van der Waals surface area contributed by atoms with E-state index in [-0.39, 0.29) is 12.2 Å². The summed E-state index contributed by atoms with van der Waals surface area (Å²) in [4.78, 5) is 36.4. The van der Waals surface area contributed by atoms with Crippen LogP contribution in [0.3, 0.4) is 0 Å². The molecule has 1 heterocycles. The minimum atomic E-state index is -1.12. The monoisotopic (exact) mass is 266 g/mol.